The quantitative estimate of drug-likeness (QED) is 0.849. The molecule has 0 aliphatic carbocycles. The Bertz CT molecular complexity index is 456. The van der Waals surface area contributed by atoms with Crippen molar-refractivity contribution in [2.75, 3.05) is 6.54 Å². The largest absolute Gasteiger partial charge is 0.435 e. The first-order chi connectivity index (χ1) is 9.67. The Labute approximate surface area is 123 Å². The fourth-order valence-corrected chi connectivity index (χ4v) is 1.76. The molecule has 0 saturated heterocycles. The predicted octanol–water partition coefficient (Wildman–Crippen LogP) is 2.85. The molecule has 1 aromatic rings. The maximum Gasteiger partial charge on any atom is 0.387 e. The van der Waals surface area contributed by atoms with Crippen molar-refractivity contribution in [3.63, 3.8) is 0 Å². The number of amides is 1. The van der Waals surface area contributed by atoms with Crippen LogP contribution in [0.2, 0.25) is 0 Å². The van der Waals surface area contributed by atoms with E-state index in [0.717, 1.165) is 5.56 Å². The number of hydrogen-bond acceptors (Lipinski definition) is 3. The van der Waals surface area contributed by atoms with Gasteiger partial charge in [0.05, 0.1) is 6.54 Å². The third-order valence-corrected chi connectivity index (χ3v) is 2.69. The molecule has 0 aromatic heterocycles. The summed E-state index contributed by atoms with van der Waals surface area (Å²) >= 11 is 0. The molecule has 0 heterocycles. The van der Waals surface area contributed by atoms with Gasteiger partial charge in [-0.1, -0.05) is 12.1 Å². The first-order valence-electron chi connectivity index (χ1n) is 6.76. The van der Waals surface area contributed by atoms with E-state index in [2.05, 4.69) is 15.4 Å². The van der Waals surface area contributed by atoms with Crippen LogP contribution in [0.1, 0.15) is 39.3 Å². The number of ether oxygens (including phenoxy) is 1. The Balaban J connectivity index is 2.48. The van der Waals surface area contributed by atoms with Gasteiger partial charge in [0.1, 0.15) is 5.75 Å². The van der Waals surface area contributed by atoms with E-state index in [1.807, 2.05) is 27.7 Å². The lowest BCUT2D eigenvalue weighted by Gasteiger charge is -2.22. The minimum absolute atomic E-state index is 0.0729. The molecule has 6 heteroatoms. The fraction of sp³-hybridized carbons (Fsp3) is 0.533. The van der Waals surface area contributed by atoms with E-state index < -0.39 is 6.61 Å². The zero-order valence-electron chi connectivity index (χ0n) is 12.7. The molecule has 4 nitrogen and oxygen atoms in total. The minimum Gasteiger partial charge on any atom is -0.435 e. The normalized spacial score (nSPS) is 13.1. The number of nitrogens with one attached hydrogen (secondary N) is 2. The van der Waals surface area contributed by atoms with Crippen molar-refractivity contribution in [3.05, 3.63) is 29.8 Å². The lowest BCUT2D eigenvalue weighted by Crippen LogP contribution is -2.45. The monoisotopic (exact) mass is 300 g/mol. The number of carbonyl (C=O) groups is 1. The van der Waals surface area contributed by atoms with Crippen LogP contribution in [0.15, 0.2) is 24.3 Å². The second kappa shape index (κ2) is 7.36. The molecule has 1 rings (SSSR count). The van der Waals surface area contributed by atoms with Crippen LogP contribution in [0, 0.1) is 0 Å². The highest BCUT2D eigenvalue weighted by atomic mass is 19.3. The zero-order valence-corrected chi connectivity index (χ0v) is 12.7. The van der Waals surface area contributed by atoms with Gasteiger partial charge in [-0.05, 0) is 45.4 Å². The van der Waals surface area contributed by atoms with Gasteiger partial charge in [-0.2, -0.15) is 8.78 Å². The molecule has 1 amide bonds. The molecule has 21 heavy (non-hydrogen) atoms. The van der Waals surface area contributed by atoms with Crippen LogP contribution in [-0.2, 0) is 4.79 Å². The Morgan fingerprint density at radius 2 is 1.81 bits per heavy atom. The lowest BCUT2D eigenvalue weighted by molar-refractivity contribution is -0.121. The summed E-state index contributed by atoms with van der Waals surface area (Å²) in [6.07, 6.45) is 0. The Morgan fingerprint density at radius 1 is 1.24 bits per heavy atom. The van der Waals surface area contributed by atoms with Crippen LogP contribution >= 0.6 is 0 Å². The molecular weight excluding hydrogens is 278 g/mol. The number of hydrogen-bond donors (Lipinski definition) is 2. The van der Waals surface area contributed by atoms with Crippen molar-refractivity contribution in [2.45, 2.75) is 45.9 Å². The third-order valence-electron chi connectivity index (χ3n) is 2.69. The predicted molar refractivity (Wildman–Crippen MR) is 77.4 cm³/mol. The number of carbonyl (C=O) groups excluding carboxylic acids is 1. The highest BCUT2D eigenvalue weighted by Gasteiger charge is 2.14. The Morgan fingerprint density at radius 3 is 2.29 bits per heavy atom. The van der Waals surface area contributed by atoms with Gasteiger partial charge >= 0.3 is 6.61 Å². The maximum atomic E-state index is 12.0. The fourth-order valence-electron chi connectivity index (χ4n) is 1.76. The van der Waals surface area contributed by atoms with Crippen LogP contribution in [0.5, 0.6) is 5.75 Å². The summed E-state index contributed by atoms with van der Waals surface area (Å²) in [6, 6.07) is 6.27. The molecule has 1 atom stereocenters. The summed E-state index contributed by atoms with van der Waals surface area (Å²) in [4.78, 5) is 11.7. The highest BCUT2D eigenvalue weighted by molar-refractivity contribution is 5.78. The van der Waals surface area contributed by atoms with E-state index in [0.29, 0.717) is 0 Å². The van der Waals surface area contributed by atoms with Crippen molar-refractivity contribution < 1.29 is 18.3 Å². The van der Waals surface area contributed by atoms with Crippen molar-refractivity contribution in [1.82, 2.24) is 10.6 Å². The van der Waals surface area contributed by atoms with E-state index in [-0.39, 0.29) is 29.8 Å². The lowest BCUT2D eigenvalue weighted by atomic mass is 10.1. The van der Waals surface area contributed by atoms with Gasteiger partial charge in [-0.3, -0.25) is 4.79 Å². The number of benzene rings is 1. The Kier molecular flexibility index (Phi) is 6.08. The molecule has 118 valence electrons. The number of rotatable bonds is 6. The number of halogens is 2. The summed E-state index contributed by atoms with van der Waals surface area (Å²) in [6.45, 7) is 5.00. The zero-order chi connectivity index (χ0) is 16.0. The maximum absolute atomic E-state index is 12.0. The van der Waals surface area contributed by atoms with Gasteiger partial charge in [-0.25, -0.2) is 0 Å². The van der Waals surface area contributed by atoms with Gasteiger partial charge < -0.3 is 15.4 Å². The van der Waals surface area contributed by atoms with Gasteiger partial charge in [-0.15, -0.1) is 0 Å². The highest BCUT2D eigenvalue weighted by Crippen LogP contribution is 2.18. The minimum atomic E-state index is -2.83. The van der Waals surface area contributed by atoms with Crippen LogP contribution in [0.3, 0.4) is 0 Å². The summed E-state index contributed by atoms with van der Waals surface area (Å²) in [7, 11) is 0. The average molecular weight is 300 g/mol. The summed E-state index contributed by atoms with van der Waals surface area (Å²) in [5, 5.41) is 5.93. The molecule has 0 bridgehead atoms. The molecule has 0 aliphatic rings. The summed E-state index contributed by atoms with van der Waals surface area (Å²) < 4.78 is 28.4. The molecule has 1 aromatic carbocycles. The van der Waals surface area contributed by atoms with Crippen LogP contribution in [0.4, 0.5) is 8.78 Å². The third kappa shape index (κ3) is 7.04. The summed E-state index contributed by atoms with van der Waals surface area (Å²) in [5.74, 6) is 0.0263. The van der Waals surface area contributed by atoms with Crippen LogP contribution in [0.25, 0.3) is 0 Å². The second-order valence-corrected chi connectivity index (χ2v) is 5.85. The van der Waals surface area contributed by atoms with Crippen molar-refractivity contribution >= 4 is 5.91 Å². The molecule has 2 N–H and O–H groups in total. The van der Waals surface area contributed by atoms with E-state index in [9.17, 15) is 13.6 Å². The van der Waals surface area contributed by atoms with E-state index in [1.165, 1.54) is 12.1 Å². The molecule has 0 saturated carbocycles. The number of alkyl halides is 2. The van der Waals surface area contributed by atoms with Gasteiger partial charge in [0.2, 0.25) is 5.91 Å². The van der Waals surface area contributed by atoms with Gasteiger partial charge in [0.15, 0.2) is 0 Å². The van der Waals surface area contributed by atoms with E-state index >= 15 is 0 Å². The molecule has 0 aliphatic heterocycles. The Hall–Kier alpha value is -1.69. The topological polar surface area (TPSA) is 50.4 Å². The first-order valence-corrected chi connectivity index (χ1v) is 6.76. The smallest absolute Gasteiger partial charge is 0.387 e. The van der Waals surface area contributed by atoms with Crippen molar-refractivity contribution in [3.8, 4) is 5.75 Å². The molecule has 0 radical (unpaired) electrons. The van der Waals surface area contributed by atoms with Crippen LogP contribution in [-0.4, -0.2) is 24.6 Å². The first kappa shape index (κ1) is 17.4. The van der Waals surface area contributed by atoms with Gasteiger partial charge in [0.25, 0.3) is 0 Å². The second-order valence-electron chi connectivity index (χ2n) is 5.85. The van der Waals surface area contributed by atoms with Gasteiger partial charge in [0, 0.05) is 11.6 Å². The average Bonchev–Trinajstić information content (AvgIpc) is 2.34. The molecule has 0 spiro atoms. The van der Waals surface area contributed by atoms with Crippen molar-refractivity contribution in [2.24, 2.45) is 0 Å². The summed E-state index contributed by atoms with van der Waals surface area (Å²) in [5.41, 5.74) is 0.621. The molecule has 0 fully saturated rings. The molecular formula is C15H22F2N2O2. The van der Waals surface area contributed by atoms with Crippen LogP contribution < -0.4 is 15.4 Å². The van der Waals surface area contributed by atoms with E-state index in [4.69, 9.17) is 0 Å². The SMILES string of the molecule is CC(NCC(=O)NC(C)(C)C)c1ccc(OC(F)F)cc1. The van der Waals surface area contributed by atoms with E-state index in [1.54, 1.807) is 12.1 Å². The standard InChI is InChI=1S/C15H22F2N2O2/c1-10(18-9-13(20)19-15(2,3)4)11-5-7-12(8-6-11)21-14(16)17/h5-8,10,14,18H,9H2,1-4H3,(H,19,20). The molecule has 1 unspecified atom stereocenters. The van der Waals surface area contributed by atoms with Crippen molar-refractivity contribution in [1.29, 1.82) is 0 Å².